The predicted molar refractivity (Wildman–Crippen MR) is 147 cm³/mol. The van der Waals surface area contributed by atoms with Gasteiger partial charge in [-0.15, -0.1) is 0 Å². The number of aliphatic hydroxyl groups is 1. The molecule has 1 aliphatic carbocycles. The number of aryl methyl sites for hydroxylation is 1. The molecule has 12 nitrogen and oxygen atoms in total. The first kappa shape index (κ1) is 25.2. The van der Waals surface area contributed by atoms with Crippen LogP contribution in [-0.4, -0.2) is 63.9 Å². The van der Waals surface area contributed by atoms with Crippen molar-refractivity contribution in [2.24, 2.45) is 0 Å². The lowest BCUT2D eigenvalue weighted by Gasteiger charge is -2.10. The summed E-state index contributed by atoms with van der Waals surface area (Å²) in [5.74, 6) is 1.49. The van der Waals surface area contributed by atoms with Gasteiger partial charge in [0.2, 0.25) is 0 Å². The summed E-state index contributed by atoms with van der Waals surface area (Å²) < 4.78 is 30.0. The maximum absolute atomic E-state index is 12.5. The highest BCUT2D eigenvalue weighted by atomic mass is 32.2. The number of fused-ring (bicyclic) bond motifs is 1. The minimum absolute atomic E-state index is 0.0254. The quantitative estimate of drug-likeness (QED) is 0.283. The fraction of sp³-hybridized carbons (Fsp3) is 0.346. The molecule has 2 N–H and O–H groups in total. The molecule has 0 amide bonds. The second-order valence-corrected chi connectivity index (χ2v) is 12.1. The van der Waals surface area contributed by atoms with E-state index >= 15 is 0 Å². The standard InChI is InChI=1S/C26H29N9O3S/c1-16(2)34-15-22(21-14-33(8-9-36)32-17(21)3)20-12-28-25(10-23(20)34)30-24-6-7-27-26(31-24)18-11-29-35(13-18)39(37,38)19-4-5-19/h6-7,10-16,19,36H,4-5,8-9H2,1-3H3,(H,27,28,30,31). The molecule has 39 heavy (non-hydrogen) atoms. The van der Waals surface area contributed by atoms with Crippen molar-refractivity contribution in [3.05, 3.63) is 55.0 Å². The Morgan fingerprint density at radius 1 is 1.10 bits per heavy atom. The Bertz CT molecular complexity index is 1780. The van der Waals surface area contributed by atoms with E-state index in [1.54, 1.807) is 16.9 Å². The van der Waals surface area contributed by atoms with Gasteiger partial charge in [0, 0.05) is 53.4 Å². The molecule has 1 aliphatic rings. The van der Waals surface area contributed by atoms with Crippen molar-refractivity contribution in [3.8, 4) is 22.5 Å². The van der Waals surface area contributed by atoms with Crippen molar-refractivity contribution in [1.82, 2.24) is 38.5 Å². The first-order chi connectivity index (χ1) is 18.7. The average Bonchev–Trinajstić information content (AvgIpc) is 3.37. The van der Waals surface area contributed by atoms with Gasteiger partial charge in [-0.25, -0.2) is 23.4 Å². The number of rotatable bonds is 9. The molecule has 5 aromatic heterocycles. The Balaban J connectivity index is 1.31. The maximum atomic E-state index is 12.5. The Hall–Kier alpha value is -4.10. The highest BCUT2D eigenvalue weighted by molar-refractivity contribution is 7.90. The third-order valence-electron chi connectivity index (χ3n) is 6.78. The Kier molecular flexibility index (Phi) is 6.19. The lowest BCUT2D eigenvalue weighted by atomic mass is 10.1. The van der Waals surface area contributed by atoms with E-state index in [2.05, 4.69) is 55.1 Å². The second kappa shape index (κ2) is 9.58. The molecule has 1 fully saturated rings. The number of nitrogens with one attached hydrogen (secondary N) is 1. The van der Waals surface area contributed by atoms with Gasteiger partial charge in [0.1, 0.15) is 11.6 Å². The fourth-order valence-electron chi connectivity index (χ4n) is 4.63. The molecule has 0 saturated heterocycles. The summed E-state index contributed by atoms with van der Waals surface area (Å²) in [6.07, 6.45) is 11.8. The van der Waals surface area contributed by atoms with E-state index in [9.17, 15) is 13.5 Å². The van der Waals surface area contributed by atoms with E-state index in [1.807, 2.05) is 25.4 Å². The fourth-order valence-corrected chi connectivity index (χ4v) is 6.11. The lowest BCUT2D eigenvalue weighted by Crippen LogP contribution is -2.17. The van der Waals surface area contributed by atoms with Gasteiger partial charge in [0.25, 0.3) is 10.0 Å². The van der Waals surface area contributed by atoms with Gasteiger partial charge in [-0.05, 0) is 39.7 Å². The lowest BCUT2D eigenvalue weighted by molar-refractivity contribution is 0.269. The molecule has 5 heterocycles. The van der Waals surface area contributed by atoms with Crippen molar-refractivity contribution in [1.29, 1.82) is 0 Å². The van der Waals surface area contributed by atoms with Crippen LogP contribution < -0.4 is 5.32 Å². The van der Waals surface area contributed by atoms with Crippen LogP contribution in [0.5, 0.6) is 0 Å². The molecule has 0 unspecified atom stereocenters. The summed E-state index contributed by atoms with van der Waals surface area (Å²) in [5, 5.41) is 21.8. The first-order valence-corrected chi connectivity index (χ1v) is 14.3. The van der Waals surface area contributed by atoms with Crippen LogP contribution in [-0.2, 0) is 16.6 Å². The van der Waals surface area contributed by atoms with Gasteiger partial charge in [-0.1, -0.05) is 0 Å². The molecule has 0 spiro atoms. The van der Waals surface area contributed by atoms with Gasteiger partial charge in [-0.2, -0.15) is 14.3 Å². The van der Waals surface area contributed by atoms with Crippen molar-refractivity contribution in [3.63, 3.8) is 0 Å². The molecule has 0 atom stereocenters. The summed E-state index contributed by atoms with van der Waals surface area (Å²) in [5.41, 5.74) is 4.44. The number of hydrogen-bond donors (Lipinski definition) is 2. The monoisotopic (exact) mass is 547 g/mol. The molecular weight excluding hydrogens is 518 g/mol. The molecule has 5 aromatic rings. The number of hydrogen-bond acceptors (Lipinski definition) is 9. The minimum atomic E-state index is -3.46. The van der Waals surface area contributed by atoms with Gasteiger partial charge < -0.3 is 15.0 Å². The van der Waals surface area contributed by atoms with Crippen LogP contribution in [0.1, 0.15) is 38.4 Å². The van der Waals surface area contributed by atoms with Gasteiger partial charge in [0.05, 0.1) is 47.6 Å². The first-order valence-electron chi connectivity index (χ1n) is 12.8. The number of aliphatic hydroxyl groups excluding tert-OH is 1. The third-order valence-corrected chi connectivity index (χ3v) is 8.81. The Morgan fingerprint density at radius 3 is 2.67 bits per heavy atom. The maximum Gasteiger partial charge on any atom is 0.256 e. The van der Waals surface area contributed by atoms with Crippen LogP contribution >= 0.6 is 0 Å². The molecule has 0 aromatic carbocycles. The zero-order valence-corrected chi connectivity index (χ0v) is 22.7. The van der Waals surface area contributed by atoms with Gasteiger partial charge in [0.15, 0.2) is 5.82 Å². The van der Waals surface area contributed by atoms with E-state index < -0.39 is 10.0 Å². The molecule has 13 heteroatoms. The van der Waals surface area contributed by atoms with Crippen molar-refractivity contribution in [2.45, 2.75) is 51.4 Å². The van der Waals surface area contributed by atoms with Gasteiger partial charge >= 0.3 is 0 Å². The minimum Gasteiger partial charge on any atom is -0.394 e. The Labute approximate surface area is 225 Å². The topological polar surface area (TPSA) is 146 Å². The third kappa shape index (κ3) is 4.68. The normalized spacial score (nSPS) is 14.0. The van der Waals surface area contributed by atoms with E-state index in [-0.39, 0.29) is 17.9 Å². The number of nitrogens with zero attached hydrogens (tertiary/aromatic N) is 8. The zero-order valence-electron chi connectivity index (χ0n) is 21.9. The SMILES string of the molecule is Cc1nn(CCO)cc1-c1cn(C(C)C)c2cc(Nc3ccnc(-c4cnn(S(=O)(=O)C5CC5)c4)n3)ncc12. The largest absolute Gasteiger partial charge is 0.394 e. The van der Waals surface area contributed by atoms with E-state index in [0.29, 0.717) is 42.4 Å². The molecule has 202 valence electrons. The average molecular weight is 548 g/mol. The van der Waals surface area contributed by atoms with E-state index in [1.165, 1.54) is 12.4 Å². The summed E-state index contributed by atoms with van der Waals surface area (Å²) in [6, 6.07) is 3.92. The highest BCUT2D eigenvalue weighted by Crippen LogP contribution is 2.35. The molecule has 0 bridgehead atoms. The number of pyridine rings is 1. The van der Waals surface area contributed by atoms with Gasteiger partial charge in [-0.3, -0.25) is 4.68 Å². The molecule has 0 radical (unpaired) electrons. The van der Waals surface area contributed by atoms with Crippen molar-refractivity contribution < 1.29 is 13.5 Å². The molecule has 0 aliphatic heterocycles. The summed E-state index contributed by atoms with van der Waals surface area (Å²) >= 11 is 0. The summed E-state index contributed by atoms with van der Waals surface area (Å²) in [7, 11) is -3.46. The van der Waals surface area contributed by atoms with Crippen LogP contribution in [0.3, 0.4) is 0 Å². The Morgan fingerprint density at radius 2 is 1.92 bits per heavy atom. The predicted octanol–water partition coefficient (Wildman–Crippen LogP) is 3.52. The number of aromatic nitrogens is 8. The van der Waals surface area contributed by atoms with Crippen LogP contribution in [0.25, 0.3) is 33.4 Å². The smallest absolute Gasteiger partial charge is 0.256 e. The highest BCUT2D eigenvalue weighted by Gasteiger charge is 2.37. The zero-order chi connectivity index (χ0) is 27.3. The second-order valence-electron chi connectivity index (χ2n) is 9.98. The van der Waals surface area contributed by atoms with Crippen molar-refractivity contribution in [2.75, 3.05) is 11.9 Å². The number of anilines is 2. The van der Waals surface area contributed by atoms with Crippen LogP contribution in [0.15, 0.2) is 49.3 Å². The molecule has 1 saturated carbocycles. The summed E-state index contributed by atoms with van der Waals surface area (Å²) in [6.45, 7) is 6.67. The summed E-state index contributed by atoms with van der Waals surface area (Å²) in [4.78, 5) is 13.5. The van der Waals surface area contributed by atoms with Crippen molar-refractivity contribution >= 4 is 32.6 Å². The van der Waals surface area contributed by atoms with Crippen LogP contribution in [0.4, 0.5) is 11.6 Å². The molecule has 6 rings (SSSR count). The van der Waals surface area contributed by atoms with E-state index in [4.69, 9.17) is 0 Å². The van der Waals surface area contributed by atoms with Crippen LogP contribution in [0, 0.1) is 6.92 Å². The van der Waals surface area contributed by atoms with E-state index in [0.717, 1.165) is 31.8 Å². The molecular formula is C26H29N9O3S. The van der Waals surface area contributed by atoms with Crippen LogP contribution in [0.2, 0.25) is 0 Å².